The summed E-state index contributed by atoms with van der Waals surface area (Å²) in [6, 6.07) is 10.1. The lowest BCUT2D eigenvalue weighted by Crippen LogP contribution is -2.09. The largest absolute Gasteiger partial charge is 0.503 e. The van der Waals surface area contributed by atoms with Crippen LogP contribution in [0.5, 0.6) is 17.2 Å². The number of hydrogen-bond donors (Lipinski definition) is 2. The van der Waals surface area contributed by atoms with Crippen LogP contribution < -0.4 is 15.2 Å². The Morgan fingerprint density at radius 2 is 1.88 bits per heavy atom. The smallest absolute Gasteiger partial charge is 0.206 e. The minimum absolute atomic E-state index is 0.124. The van der Waals surface area contributed by atoms with Gasteiger partial charge in [0.1, 0.15) is 0 Å². The van der Waals surface area contributed by atoms with Crippen molar-refractivity contribution in [1.29, 1.82) is 0 Å². The van der Waals surface area contributed by atoms with Gasteiger partial charge in [-0.3, -0.25) is 4.79 Å². The van der Waals surface area contributed by atoms with Crippen LogP contribution in [-0.2, 0) is 6.42 Å². The van der Waals surface area contributed by atoms with E-state index in [2.05, 4.69) is 12.1 Å². The van der Waals surface area contributed by atoms with E-state index in [0.717, 1.165) is 12.8 Å². The highest BCUT2D eigenvalue weighted by atomic mass is 16.5. The molecule has 0 aliphatic rings. The molecular weight excluding hydrogens is 306 g/mol. The average Bonchev–Trinajstić information content (AvgIpc) is 2.58. The topological polar surface area (TPSA) is 81.8 Å². The number of ether oxygens (including phenoxy) is 2. The molecule has 0 aromatic heterocycles. The summed E-state index contributed by atoms with van der Waals surface area (Å²) in [7, 11) is 1.44. The van der Waals surface area contributed by atoms with Crippen molar-refractivity contribution in [3.05, 3.63) is 47.0 Å². The Hall–Kier alpha value is -2.69. The molecule has 0 heterocycles. The molecule has 128 valence electrons. The number of hydrogen-bond acceptors (Lipinski definition) is 5. The molecule has 0 amide bonds. The highest BCUT2D eigenvalue weighted by Gasteiger charge is 2.24. The Morgan fingerprint density at radius 1 is 1.21 bits per heavy atom. The van der Waals surface area contributed by atoms with Crippen LogP contribution in [0.25, 0.3) is 0 Å². The molecule has 3 N–H and O–H groups in total. The van der Waals surface area contributed by atoms with Crippen LogP contribution in [0.15, 0.2) is 30.3 Å². The summed E-state index contributed by atoms with van der Waals surface area (Å²) in [5.41, 5.74) is 8.09. The molecule has 0 unspecified atom stereocenters. The lowest BCUT2D eigenvalue weighted by molar-refractivity contribution is 0.101. The molecule has 0 fully saturated rings. The number of carbonyl (C=O) groups excluding carboxylic acids is 1. The predicted octanol–water partition coefficient (Wildman–Crippen LogP) is 3.51. The molecule has 5 heteroatoms. The average molecular weight is 329 g/mol. The summed E-state index contributed by atoms with van der Waals surface area (Å²) in [6.45, 7) is 3.48. The first-order chi connectivity index (χ1) is 11.5. The van der Waals surface area contributed by atoms with E-state index in [4.69, 9.17) is 15.2 Å². The van der Waals surface area contributed by atoms with Gasteiger partial charge in [0.2, 0.25) is 5.75 Å². The molecule has 2 rings (SSSR count). The molecule has 5 nitrogen and oxygen atoms in total. The number of carbonyl (C=O) groups is 1. The fourth-order valence-corrected chi connectivity index (χ4v) is 2.67. The van der Waals surface area contributed by atoms with Gasteiger partial charge in [-0.05, 0) is 37.8 Å². The second-order valence-electron chi connectivity index (χ2n) is 5.62. The number of anilines is 1. The number of phenolic OH excluding ortho intramolecular Hbond substituents is 1. The summed E-state index contributed by atoms with van der Waals surface area (Å²) < 4.78 is 11.0. The molecule has 0 spiro atoms. The quantitative estimate of drug-likeness (QED) is 0.352. The number of aromatic hydroxyl groups is 1. The van der Waals surface area contributed by atoms with Crippen molar-refractivity contribution in [2.75, 3.05) is 19.5 Å². The van der Waals surface area contributed by atoms with Gasteiger partial charge in [-0.2, -0.15) is 0 Å². The van der Waals surface area contributed by atoms with Crippen molar-refractivity contribution in [3.8, 4) is 17.2 Å². The lowest BCUT2D eigenvalue weighted by Gasteiger charge is -2.18. The van der Waals surface area contributed by atoms with E-state index in [1.807, 2.05) is 18.2 Å². The lowest BCUT2D eigenvalue weighted by atomic mass is 10.0. The predicted molar refractivity (Wildman–Crippen MR) is 94.1 cm³/mol. The molecule has 0 radical (unpaired) electrons. The van der Waals surface area contributed by atoms with Gasteiger partial charge in [0.05, 0.1) is 25.0 Å². The zero-order valence-electron chi connectivity index (χ0n) is 14.3. The highest BCUT2D eigenvalue weighted by molar-refractivity contribution is 6.01. The Labute approximate surface area is 142 Å². The number of ketones is 1. The van der Waals surface area contributed by atoms with Crippen molar-refractivity contribution in [3.63, 3.8) is 0 Å². The number of rotatable bonds is 7. The van der Waals surface area contributed by atoms with E-state index in [1.165, 1.54) is 19.6 Å². The molecule has 0 atom stereocenters. The van der Waals surface area contributed by atoms with Gasteiger partial charge in [-0.15, -0.1) is 0 Å². The summed E-state index contributed by atoms with van der Waals surface area (Å²) in [5.74, 6) is -0.0236. The van der Waals surface area contributed by atoms with Gasteiger partial charge in [0, 0.05) is 0 Å². The fourth-order valence-electron chi connectivity index (χ4n) is 2.67. The van der Waals surface area contributed by atoms with Gasteiger partial charge >= 0.3 is 0 Å². The van der Waals surface area contributed by atoms with E-state index in [0.29, 0.717) is 17.7 Å². The maximum atomic E-state index is 11.9. The Kier molecular flexibility index (Phi) is 5.68. The number of nitrogen functional groups attached to an aromatic ring is 1. The highest BCUT2D eigenvalue weighted by Crippen LogP contribution is 2.46. The van der Waals surface area contributed by atoms with Gasteiger partial charge in [0.15, 0.2) is 17.3 Å². The van der Waals surface area contributed by atoms with E-state index in [1.54, 1.807) is 6.92 Å². The zero-order chi connectivity index (χ0) is 17.7. The van der Waals surface area contributed by atoms with Crippen molar-refractivity contribution in [2.45, 2.75) is 26.7 Å². The number of phenols is 1. The Morgan fingerprint density at radius 3 is 2.46 bits per heavy atom. The Bertz CT molecular complexity index is 726. The molecular formula is C19H23NO4. The van der Waals surface area contributed by atoms with Gasteiger partial charge in [0.25, 0.3) is 0 Å². The summed E-state index contributed by atoms with van der Waals surface area (Å²) in [4.78, 5) is 11.9. The molecule has 0 saturated heterocycles. The van der Waals surface area contributed by atoms with Crippen LogP contribution in [0.3, 0.4) is 0 Å². The van der Waals surface area contributed by atoms with E-state index in [9.17, 15) is 9.90 Å². The fraction of sp³-hybridized carbons (Fsp3) is 0.316. The molecule has 0 saturated carbocycles. The maximum absolute atomic E-state index is 11.9. The third kappa shape index (κ3) is 3.62. The van der Waals surface area contributed by atoms with Crippen LogP contribution in [0, 0.1) is 6.92 Å². The summed E-state index contributed by atoms with van der Waals surface area (Å²) in [5, 5.41) is 10.3. The third-order valence-corrected chi connectivity index (χ3v) is 3.94. The van der Waals surface area contributed by atoms with Crippen molar-refractivity contribution < 1.29 is 19.4 Å². The maximum Gasteiger partial charge on any atom is 0.206 e. The Balaban J connectivity index is 2.18. The monoisotopic (exact) mass is 329 g/mol. The second kappa shape index (κ2) is 7.73. The first kappa shape index (κ1) is 17.7. The van der Waals surface area contributed by atoms with Crippen LogP contribution in [0.4, 0.5) is 5.69 Å². The first-order valence-corrected chi connectivity index (χ1v) is 7.84. The molecule has 0 bridgehead atoms. The minimum Gasteiger partial charge on any atom is -0.503 e. The standard InChI is InChI=1S/C19H23NO4/c1-12-15(13(2)21)18(23-3)19(17(22)16(12)20)24-11-7-10-14-8-5-4-6-9-14/h4-6,8-9,22H,7,10-11,20H2,1-3H3. The number of benzene rings is 2. The normalized spacial score (nSPS) is 10.5. The van der Waals surface area contributed by atoms with Crippen LogP contribution in [0.1, 0.15) is 34.8 Å². The molecule has 0 aliphatic heterocycles. The van der Waals surface area contributed by atoms with E-state index in [-0.39, 0.29) is 28.7 Å². The van der Waals surface area contributed by atoms with Crippen molar-refractivity contribution in [2.24, 2.45) is 0 Å². The molecule has 0 aliphatic carbocycles. The third-order valence-electron chi connectivity index (χ3n) is 3.94. The van der Waals surface area contributed by atoms with Crippen molar-refractivity contribution in [1.82, 2.24) is 0 Å². The van der Waals surface area contributed by atoms with E-state index < -0.39 is 0 Å². The summed E-state index contributed by atoms with van der Waals surface area (Å²) >= 11 is 0. The molecule has 24 heavy (non-hydrogen) atoms. The van der Waals surface area contributed by atoms with Gasteiger partial charge in [-0.25, -0.2) is 0 Å². The van der Waals surface area contributed by atoms with Crippen LogP contribution in [-0.4, -0.2) is 24.6 Å². The number of Topliss-reactive ketones (excluding diaryl/α,β-unsaturated/α-hetero) is 1. The van der Waals surface area contributed by atoms with Crippen LogP contribution in [0.2, 0.25) is 0 Å². The molecule has 2 aromatic carbocycles. The number of aryl methyl sites for hydroxylation is 1. The molecule has 2 aromatic rings. The SMILES string of the molecule is COc1c(OCCCc2ccccc2)c(O)c(N)c(C)c1C(C)=O. The van der Waals surface area contributed by atoms with Gasteiger partial charge in [-0.1, -0.05) is 30.3 Å². The number of methoxy groups -OCH3 is 1. The van der Waals surface area contributed by atoms with Gasteiger partial charge < -0.3 is 20.3 Å². The van der Waals surface area contributed by atoms with Crippen LogP contribution >= 0.6 is 0 Å². The van der Waals surface area contributed by atoms with Crippen molar-refractivity contribution >= 4 is 11.5 Å². The summed E-state index contributed by atoms with van der Waals surface area (Å²) in [6.07, 6.45) is 1.61. The zero-order valence-corrected chi connectivity index (χ0v) is 14.3. The minimum atomic E-state index is -0.190. The second-order valence-corrected chi connectivity index (χ2v) is 5.62. The van der Waals surface area contributed by atoms with E-state index >= 15 is 0 Å². The first-order valence-electron chi connectivity index (χ1n) is 7.84. The number of nitrogens with two attached hydrogens (primary N) is 1.